The first kappa shape index (κ1) is 18.9. The van der Waals surface area contributed by atoms with E-state index < -0.39 is 14.9 Å². The predicted molar refractivity (Wildman–Crippen MR) is 95.5 cm³/mol. The number of hydrogen-bond donors (Lipinski definition) is 0. The van der Waals surface area contributed by atoms with Gasteiger partial charge in [-0.15, -0.1) is 0 Å². The lowest BCUT2D eigenvalue weighted by atomic mass is 10.2. The van der Waals surface area contributed by atoms with E-state index in [-0.39, 0.29) is 36.2 Å². The lowest BCUT2D eigenvalue weighted by molar-refractivity contribution is -0.385. The highest BCUT2D eigenvalue weighted by Gasteiger charge is 2.28. The van der Waals surface area contributed by atoms with E-state index in [0.29, 0.717) is 11.5 Å². The quantitative estimate of drug-likeness (QED) is 0.524. The van der Waals surface area contributed by atoms with E-state index >= 15 is 0 Å². The normalized spacial score (nSPS) is 13.0. The number of fused-ring (bicyclic) bond motifs is 1. The minimum Gasteiger partial charge on any atom is -0.495 e. The first-order chi connectivity index (χ1) is 12.9. The zero-order chi connectivity index (χ0) is 19.6. The first-order valence-electron chi connectivity index (χ1n) is 8.08. The number of ether oxygens (including phenoxy) is 3. The molecule has 3 rings (SSSR count). The standard InChI is InChI=1S/C17H18N2O7S/c1-3-18(10-12-4-6-14-15(8-12)26-11-25-14)27(22,23)17-7-5-13(19(20)21)9-16(17)24-2/h4-9H,3,10-11H2,1-2H3. The Kier molecular flexibility index (Phi) is 5.19. The molecule has 0 aliphatic carbocycles. The third kappa shape index (κ3) is 3.67. The molecule has 0 N–H and O–H groups in total. The lowest BCUT2D eigenvalue weighted by Gasteiger charge is -2.22. The maximum atomic E-state index is 13.1. The van der Waals surface area contributed by atoms with Crippen molar-refractivity contribution < 1.29 is 27.6 Å². The number of nitro groups is 1. The van der Waals surface area contributed by atoms with Gasteiger partial charge in [0.2, 0.25) is 16.8 Å². The monoisotopic (exact) mass is 394 g/mol. The average Bonchev–Trinajstić information content (AvgIpc) is 3.13. The average molecular weight is 394 g/mol. The molecule has 9 nitrogen and oxygen atoms in total. The summed E-state index contributed by atoms with van der Waals surface area (Å²) in [5.74, 6) is 1.10. The molecule has 1 aliphatic heterocycles. The van der Waals surface area contributed by atoms with Crippen molar-refractivity contribution in [3.05, 3.63) is 52.1 Å². The van der Waals surface area contributed by atoms with Crippen LogP contribution in [0, 0.1) is 10.1 Å². The lowest BCUT2D eigenvalue weighted by Crippen LogP contribution is -2.30. The van der Waals surface area contributed by atoms with Gasteiger partial charge >= 0.3 is 0 Å². The van der Waals surface area contributed by atoms with Gasteiger partial charge in [-0.3, -0.25) is 10.1 Å². The summed E-state index contributed by atoms with van der Waals surface area (Å²) in [7, 11) is -2.66. The molecule has 0 unspecified atom stereocenters. The zero-order valence-corrected chi connectivity index (χ0v) is 15.6. The molecule has 0 fully saturated rings. The molecule has 10 heteroatoms. The van der Waals surface area contributed by atoms with Crippen molar-refractivity contribution in [1.29, 1.82) is 0 Å². The Hall–Kier alpha value is -2.85. The Morgan fingerprint density at radius 1 is 1.19 bits per heavy atom. The molecule has 0 amide bonds. The summed E-state index contributed by atoms with van der Waals surface area (Å²) in [6.45, 7) is 2.16. The Morgan fingerprint density at radius 3 is 2.59 bits per heavy atom. The molecule has 2 aromatic carbocycles. The summed E-state index contributed by atoms with van der Waals surface area (Å²) in [5, 5.41) is 10.9. The van der Waals surface area contributed by atoms with E-state index in [9.17, 15) is 18.5 Å². The van der Waals surface area contributed by atoms with Crippen LogP contribution in [0.4, 0.5) is 5.69 Å². The third-order valence-corrected chi connectivity index (χ3v) is 6.08. The highest BCUT2D eigenvalue weighted by Crippen LogP contribution is 2.34. The van der Waals surface area contributed by atoms with Crippen LogP contribution in [0.25, 0.3) is 0 Å². The molecular weight excluding hydrogens is 376 g/mol. The maximum absolute atomic E-state index is 13.1. The third-order valence-electron chi connectivity index (χ3n) is 4.12. The molecule has 1 aliphatic rings. The minimum absolute atomic E-state index is 0.0756. The molecule has 0 radical (unpaired) electrons. The molecule has 0 bridgehead atoms. The van der Waals surface area contributed by atoms with Crippen LogP contribution in [0.3, 0.4) is 0 Å². The molecule has 144 valence electrons. The van der Waals surface area contributed by atoms with Gasteiger partial charge in [-0.05, 0) is 23.8 Å². The molecule has 0 atom stereocenters. The summed E-state index contributed by atoms with van der Waals surface area (Å²) in [5.41, 5.74) is 0.482. The van der Waals surface area contributed by atoms with E-state index in [1.54, 1.807) is 25.1 Å². The maximum Gasteiger partial charge on any atom is 0.273 e. The second-order valence-electron chi connectivity index (χ2n) is 5.71. The number of non-ortho nitro benzene ring substituents is 1. The Balaban J connectivity index is 1.93. The Bertz CT molecular complexity index is 975. The number of rotatable bonds is 7. The van der Waals surface area contributed by atoms with Crippen LogP contribution in [0.1, 0.15) is 12.5 Å². The van der Waals surface area contributed by atoms with Gasteiger partial charge in [0, 0.05) is 19.2 Å². The van der Waals surface area contributed by atoms with E-state index in [0.717, 1.165) is 17.7 Å². The molecule has 1 heterocycles. The van der Waals surface area contributed by atoms with E-state index in [2.05, 4.69) is 0 Å². The van der Waals surface area contributed by atoms with Gasteiger partial charge in [0.15, 0.2) is 11.5 Å². The smallest absolute Gasteiger partial charge is 0.273 e. The van der Waals surface area contributed by atoms with Crippen LogP contribution < -0.4 is 14.2 Å². The van der Waals surface area contributed by atoms with Gasteiger partial charge in [0.25, 0.3) is 5.69 Å². The van der Waals surface area contributed by atoms with Crippen LogP contribution in [0.5, 0.6) is 17.2 Å². The molecule has 2 aromatic rings. The highest BCUT2D eigenvalue weighted by atomic mass is 32.2. The topological polar surface area (TPSA) is 108 Å². The van der Waals surface area contributed by atoms with Crippen LogP contribution in [-0.2, 0) is 16.6 Å². The van der Waals surface area contributed by atoms with Crippen LogP contribution in [-0.4, -0.2) is 38.1 Å². The fourth-order valence-electron chi connectivity index (χ4n) is 2.73. The fourth-order valence-corrected chi connectivity index (χ4v) is 4.31. The van der Waals surface area contributed by atoms with Gasteiger partial charge in [0.1, 0.15) is 10.6 Å². The number of nitrogens with zero attached hydrogens (tertiary/aromatic N) is 2. The van der Waals surface area contributed by atoms with Crippen molar-refractivity contribution in [3.63, 3.8) is 0 Å². The molecule has 27 heavy (non-hydrogen) atoms. The summed E-state index contributed by atoms with van der Waals surface area (Å²) in [6.07, 6.45) is 0. The van der Waals surface area contributed by atoms with Gasteiger partial charge < -0.3 is 14.2 Å². The van der Waals surface area contributed by atoms with Gasteiger partial charge in [-0.2, -0.15) is 4.31 Å². The summed E-state index contributed by atoms with van der Waals surface area (Å²) in [4.78, 5) is 10.2. The largest absolute Gasteiger partial charge is 0.495 e. The van der Waals surface area contributed by atoms with Crippen molar-refractivity contribution in [1.82, 2.24) is 4.31 Å². The SMILES string of the molecule is CCN(Cc1ccc2c(c1)OCO2)S(=O)(=O)c1ccc([N+](=O)[O-])cc1OC. The molecule has 0 aromatic heterocycles. The summed E-state index contributed by atoms with van der Waals surface area (Å²) >= 11 is 0. The number of hydrogen-bond acceptors (Lipinski definition) is 7. The van der Waals surface area contributed by atoms with E-state index in [4.69, 9.17) is 14.2 Å². The minimum atomic E-state index is -3.93. The van der Waals surface area contributed by atoms with Gasteiger partial charge in [-0.25, -0.2) is 8.42 Å². The number of benzene rings is 2. The van der Waals surface area contributed by atoms with Crippen LogP contribution in [0.15, 0.2) is 41.3 Å². The summed E-state index contributed by atoms with van der Waals surface area (Å²) < 4.78 is 43.1. The van der Waals surface area contributed by atoms with Gasteiger partial charge in [0.05, 0.1) is 18.1 Å². The Labute approximate surface area is 156 Å². The second-order valence-corrected chi connectivity index (χ2v) is 7.62. The van der Waals surface area contributed by atoms with Crippen molar-refractivity contribution in [2.75, 3.05) is 20.4 Å². The van der Waals surface area contributed by atoms with Crippen molar-refractivity contribution >= 4 is 15.7 Å². The molecule has 0 spiro atoms. The molecular formula is C17H18N2O7S. The number of nitro benzene ring substituents is 1. The fraction of sp³-hybridized carbons (Fsp3) is 0.294. The first-order valence-corrected chi connectivity index (χ1v) is 9.52. The highest BCUT2D eigenvalue weighted by molar-refractivity contribution is 7.89. The van der Waals surface area contributed by atoms with Crippen LogP contribution in [0.2, 0.25) is 0 Å². The summed E-state index contributed by atoms with van der Waals surface area (Å²) in [6, 6.07) is 8.65. The van der Waals surface area contributed by atoms with Gasteiger partial charge in [-0.1, -0.05) is 13.0 Å². The number of sulfonamides is 1. The Morgan fingerprint density at radius 2 is 1.93 bits per heavy atom. The van der Waals surface area contributed by atoms with Crippen LogP contribution >= 0.6 is 0 Å². The zero-order valence-electron chi connectivity index (χ0n) is 14.7. The predicted octanol–water partition coefficient (Wildman–Crippen LogP) is 2.54. The second kappa shape index (κ2) is 7.41. The van der Waals surface area contributed by atoms with Crippen molar-refractivity contribution in [2.45, 2.75) is 18.4 Å². The van der Waals surface area contributed by atoms with Crippen molar-refractivity contribution in [3.8, 4) is 17.2 Å². The molecule has 0 saturated heterocycles. The molecule has 0 saturated carbocycles. The number of methoxy groups -OCH3 is 1. The van der Waals surface area contributed by atoms with E-state index in [1.165, 1.54) is 17.5 Å². The van der Waals surface area contributed by atoms with Crippen molar-refractivity contribution in [2.24, 2.45) is 0 Å². The van der Waals surface area contributed by atoms with E-state index in [1.807, 2.05) is 0 Å².